The molecule has 1 N–H and O–H groups in total. The molecule has 0 atom stereocenters. The highest BCUT2D eigenvalue weighted by molar-refractivity contribution is 6.00. The molecule has 1 aromatic rings. The number of hydrogen-bond acceptors (Lipinski definition) is 2. The Labute approximate surface area is 83.1 Å². The van der Waals surface area contributed by atoms with Gasteiger partial charge in [-0.3, -0.25) is 4.79 Å². The van der Waals surface area contributed by atoms with Gasteiger partial charge in [-0.1, -0.05) is 12.1 Å². The van der Waals surface area contributed by atoms with Gasteiger partial charge in [0.25, 0.3) is 5.91 Å². The monoisotopic (exact) mass is 191 g/mol. The normalized spacial score (nSPS) is 14.1. The van der Waals surface area contributed by atoms with E-state index in [1.165, 1.54) is 0 Å². The van der Waals surface area contributed by atoms with Crippen LogP contribution in [0.15, 0.2) is 18.2 Å². The summed E-state index contributed by atoms with van der Waals surface area (Å²) in [5, 5.41) is 2.78. The molecular formula is C11H13NO2. The smallest absolute Gasteiger partial charge is 0.255 e. The van der Waals surface area contributed by atoms with Crippen LogP contribution in [0.5, 0.6) is 5.75 Å². The van der Waals surface area contributed by atoms with E-state index in [9.17, 15) is 4.79 Å². The van der Waals surface area contributed by atoms with Crippen LogP contribution in [-0.4, -0.2) is 12.0 Å². The molecule has 1 aliphatic heterocycles. The maximum Gasteiger partial charge on any atom is 0.255 e. The van der Waals surface area contributed by atoms with Gasteiger partial charge in [-0.05, 0) is 25.5 Å². The molecule has 1 heterocycles. The minimum absolute atomic E-state index is 0.0312. The lowest BCUT2D eigenvalue weighted by atomic mass is 10.1. The first kappa shape index (κ1) is 9.06. The molecule has 2 rings (SSSR count). The van der Waals surface area contributed by atoms with Crippen LogP contribution in [0.4, 0.5) is 0 Å². The van der Waals surface area contributed by atoms with Crippen LogP contribution in [0, 0.1) is 0 Å². The van der Waals surface area contributed by atoms with Crippen LogP contribution in [0.25, 0.3) is 0 Å². The fourth-order valence-electron chi connectivity index (χ4n) is 1.60. The van der Waals surface area contributed by atoms with Crippen molar-refractivity contribution in [3.63, 3.8) is 0 Å². The molecule has 0 saturated heterocycles. The molecule has 1 aliphatic rings. The van der Waals surface area contributed by atoms with E-state index in [1.54, 1.807) is 0 Å². The third kappa shape index (κ3) is 1.45. The largest absolute Gasteiger partial charge is 0.490 e. The molecule has 0 aliphatic carbocycles. The number of hydrogen-bond donors (Lipinski definition) is 1. The fourth-order valence-corrected chi connectivity index (χ4v) is 1.60. The van der Waals surface area contributed by atoms with Crippen LogP contribution in [0.1, 0.15) is 29.8 Å². The summed E-state index contributed by atoms with van der Waals surface area (Å²) in [6, 6.07) is 5.70. The van der Waals surface area contributed by atoms with E-state index in [0.29, 0.717) is 17.9 Å². The van der Waals surface area contributed by atoms with Gasteiger partial charge in [0, 0.05) is 6.54 Å². The molecule has 1 aromatic carbocycles. The Bertz CT molecular complexity index is 372. The minimum Gasteiger partial charge on any atom is -0.490 e. The predicted molar refractivity (Wildman–Crippen MR) is 53.4 cm³/mol. The highest BCUT2D eigenvalue weighted by Gasteiger charge is 2.23. The van der Waals surface area contributed by atoms with Crippen molar-refractivity contribution < 1.29 is 9.53 Å². The van der Waals surface area contributed by atoms with Crippen LogP contribution in [-0.2, 0) is 6.54 Å². The van der Waals surface area contributed by atoms with Gasteiger partial charge in [0.1, 0.15) is 5.75 Å². The molecule has 3 heteroatoms. The molecule has 3 nitrogen and oxygen atoms in total. The van der Waals surface area contributed by atoms with E-state index < -0.39 is 0 Å². The third-order valence-corrected chi connectivity index (χ3v) is 2.14. The summed E-state index contributed by atoms with van der Waals surface area (Å²) in [7, 11) is 0. The fraction of sp³-hybridized carbons (Fsp3) is 0.364. The lowest BCUT2D eigenvalue weighted by molar-refractivity contribution is 0.0961. The quantitative estimate of drug-likeness (QED) is 0.773. The number of fused-ring (bicyclic) bond motifs is 1. The van der Waals surface area contributed by atoms with E-state index in [1.807, 2.05) is 32.0 Å². The zero-order chi connectivity index (χ0) is 10.1. The van der Waals surface area contributed by atoms with Crippen LogP contribution in [0.2, 0.25) is 0 Å². The summed E-state index contributed by atoms with van der Waals surface area (Å²) in [5.74, 6) is 0.656. The van der Waals surface area contributed by atoms with Gasteiger partial charge < -0.3 is 10.1 Å². The highest BCUT2D eigenvalue weighted by atomic mass is 16.5. The molecule has 1 amide bonds. The number of ether oxygens (including phenoxy) is 1. The second-order valence-electron chi connectivity index (χ2n) is 3.64. The van der Waals surface area contributed by atoms with Crippen molar-refractivity contribution in [1.82, 2.24) is 5.32 Å². The summed E-state index contributed by atoms with van der Waals surface area (Å²) in [6.45, 7) is 4.52. The molecule has 0 radical (unpaired) electrons. The molecule has 0 saturated carbocycles. The molecule has 0 unspecified atom stereocenters. The first-order valence-corrected chi connectivity index (χ1v) is 4.75. The first-order chi connectivity index (χ1) is 6.68. The van der Waals surface area contributed by atoms with Crippen molar-refractivity contribution in [2.45, 2.75) is 26.5 Å². The summed E-state index contributed by atoms with van der Waals surface area (Å²) in [4.78, 5) is 11.5. The Hall–Kier alpha value is -1.51. The molecule has 14 heavy (non-hydrogen) atoms. The number of nitrogens with one attached hydrogen (secondary N) is 1. The summed E-state index contributed by atoms with van der Waals surface area (Å²) < 4.78 is 5.57. The highest BCUT2D eigenvalue weighted by Crippen LogP contribution is 2.26. The number of carbonyl (C=O) groups excluding carboxylic acids is 1. The zero-order valence-electron chi connectivity index (χ0n) is 8.33. The summed E-state index contributed by atoms with van der Waals surface area (Å²) >= 11 is 0. The predicted octanol–water partition coefficient (Wildman–Crippen LogP) is 1.72. The van der Waals surface area contributed by atoms with Gasteiger partial charge >= 0.3 is 0 Å². The van der Waals surface area contributed by atoms with Gasteiger partial charge in [-0.25, -0.2) is 0 Å². The first-order valence-electron chi connectivity index (χ1n) is 4.75. The summed E-state index contributed by atoms with van der Waals surface area (Å²) in [6.07, 6.45) is 0.0925. The van der Waals surface area contributed by atoms with E-state index >= 15 is 0 Å². The Kier molecular flexibility index (Phi) is 2.15. The van der Waals surface area contributed by atoms with Gasteiger partial charge in [0.15, 0.2) is 0 Å². The van der Waals surface area contributed by atoms with E-state index in [-0.39, 0.29) is 12.0 Å². The Morgan fingerprint density at radius 3 is 2.93 bits per heavy atom. The second-order valence-corrected chi connectivity index (χ2v) is 3.64. The van der Waals surface area contributed by atoms with Crippen LogP contribution < -0.4 is 10.1 Å². The van der Waals surface area contributed by atoms with Crippen LogP contribution in [0.3, 0.4) is 0 Å². The zero-order valence-corrected chi connectivity index (χ0v) is 8.33. The van der Waals surface area contributed by atoms with Gasteiger partial charge in [0.2, 0.25) is 0 Å². The Morgan fingerprint density at radius 2 is 2.21 bits per heavy atom. The van der Waals surface area contributed by atoms with Crippen molar-refractivity contribution in [1.29, 1.82) is 0 Å². The Morgan fingerprint density at radius 1 is 1.43 bits per heavy atom. The van der Waals surface area contributed by atoms with Crippen LogP contribution >= 0.6 is 0 Å². The Balaban J connectivity index is 2.41. The topological polar surface area (TPSA) is 38.3 Å². The lowest BCUT2D eigenvalue weighted by Crippen LogP contribution is -2.14. The number of benzene rings is 1. The molecule has 0 fully saturated rings. The van der Waals surface area contributed by atoms with Gasteiger partial charge in [-0.15, -0.1) is 0 Å². The minimum atomic E-state index is -0.0312. The molecule has 0 aromatic heterocycles. The molecular weight excluding hydrogens is 178 g/mol. The van der Waals surface area contributed by atoms with Crippen molar-refractivity contribution in [3.05, 3.63) is 29.3 Å². The van der Waals surface area contributed by atoms with E-state index in [2.05, 4.69) is 5.32 Å². The van der Waals surface area contributed by atoms with Crippen molar-refractivity contribution in [2.24, 2.45) is 0 Å². The maximum atomic E-state index is 11.5. The SMILES string of the molecule is CC(C)Oc1cccc2c1C(=O)NC2. The molecule has 0 bridgehead atoms. The third-order valence-electron chi connectivity index (χ3n) is 2.14. The average molecular weight is 191 g/mol. The number of carbonyl (C=O) groups is 1. The summed E-state index contributed by atoms with van der Waals surface area (Å²) in [5.41, 5.74) is 1.72. The van der Waals surface area contributed by atoms with Gasteiger partial charge in [0.05, 0.1) is 11.7 Å². The van der Waals surface area contributed by atoms with E-state index in [0.717, 1.165) is 5.56 Å². The average Bonchev–Trinajstić information content (AvgIpc) is 2.48. The lowest BCUT2D eigenvalue weighted by Gasteiger charge is -2.11. The van der Waals surface area contributed by atoms with Crippen molar-refractivity contribution >= 4 is 5.91 Å². The van der Waals surface area contributed by atoms with Gasteiger partial charge in [-0.2, -0.15) is 0 Å². The number of amides is 1. The maximum absolute atomic E-state index is 11.5. The van der Waals surface area contributed by atoms with Crippen molar-refractivity contribution in [2.75, 3.05) is 0 Å². The van der Waals surface area contributed by atoms with E-state index in [4.69, 9.17) is 4.74 Å². The molecule has 74 valence electrons. The van der Waals surface area contributed by atoms with Crippen molar-refractivity contribution in [3.8, 4) is 5.75 Å². The second kappa shape index (κ2) is 3.33. The standard InChI is InChI=1S/C11H13NO2/c1-7(2)14-9-5-3-4-8-6-12-11(13)10(8)9/h3-5,7H,6H2,1-2H3,(H,12,13). The molecule has 0 spiro atoms. The number of rotatable bonds is 2.